The monoisotopic (exact) mass is 371 g/mol. The number of ether oxygens (including phenoxy) is 2. The van der Waals surface area contributed by atoms with Gasteiger partial charge in [0, 0.05) is 25.4 Å². The molecule has 27 heavy (non-hydrogen) atoms. The summed E-state index contributed by atoms with van der Waals surface area (Å²) >= 11 is 0. The molecular weight excluding hydrogens is 349 g/mol. The lowest BCUT2D eigenvalue weighted by atomic mass is 9.80. The molecule has 1 aliphatic rings. The number of hydrogen-bond acceptors (Lipinski definition) is 4. The number of hydrogen-bond donors (Lipinski definition) is 0. The molecule has 1 heterocycles. The zero-order valence-corrected chi connectivity index (χ0v) is 15.4. The lowest BCUT2D eigenvalue weighted by molar-refractivity contribution is -0.151. The summed E-state index contributed by atoms with van der Waals surface area (Å²) in [4.78, 5) is 26.7. The number of nitrogens with zero attached hydrogens (tertiary/aromatic N) is 1. The average molecular weight is 371 g/mol. The number of methoxy groups -OCH3 is 2. The van der Waals surface area contributed by atoms with E-state index in [0.717, 1.165) is 16.9 Å². The van der Waals surface area contributed by atoms with Crippen LogP contribution < -0.4 is 4.74 Å². The topological polar surface area (TPSA) is 55.8 Å². The Labute approximate surface area is 157 Å². The van der Waals surface area contributed by atoms with Gasteiger partial charge in [0.1, 0.15) is 11.6 Å². The van der Waals surface area contributed by atoms with Crippen LogP contribution in [0.4, 0.5) is 4.39 Å². The van der Waals surface area contributed by atoms with E-state index in [2.05, 4.69) is 0 Å². The van der Waals surface area contributed by atoms with Gasteiger partial charge in [-0.3, -0.25) is 9.59 Å². The van der Waals surface area contributed by atoms with E-state index in [-0.39, 0.29) is 36.6 Å². The van der Waals surface area contributed by atoms with E-state index in [0.29, 0.717) is 6.54 Å². The van der Waals surface area contributed by atoms with Crippen molar-refractivity contribution in [3.05, 3.63) is 65.5 Å². The molecule has 6 heteroatoms. The van der Waals surface area contributed by atoms with Crippen molar-refractivity contribution in [2.24, 2.45) is 5.92 Å². The number of likely N-dealkylation sites (tertiary alicyclic amines) is 1. The molecule has 0 bridgehead atoms. The van der Waals surface area contributed by atoms with Gasteiger partial charge in [-0.05, 0) is 35.4 Å². The summed E-state index contributed by atoms with van der Waals surface area (Å²) in [5, 5.41) is 0. The van der Waals surface area contributed by atoms with Gasteiger partial charge in [0.05, 0.1) is 20.1 Å². The number of carbonyl (C=O) groups is 2. The molecule has 0 aliphatic carbocycles. The van der Waals surface area contributed by atoms with Crippen LogP contribution in [-0.4, -0.2) is 37.5 Å². The van der Waals surface area contributed by atoms with Crippen molar-refractivity contribution in [3.8, 4) is 5.75 Å². The van der Waals surface area contributed by atoms with Gasteiger partial charge in [0.15, 0.2) is 0 Å². The number of piperidine rings is 1. The quantitative estimate of drug-likeness (QED) is 0.758. The normalized spacial score (nSPS) is 19.7. The Bertz CT molecular complexity index is 804. The SMILES string of the molecule is COC(=O)[C@@H]1CN(Cc2ccc(OC)cc2)C(=O)C[C@H]1c1ccc(F)cc1. The van der Waals surface area contributed by atoms with E-state index >= 15 is 0 Å². The van der Waals surface area contributed by atoms with Crippen LogP contribution in [-0.2, 0) is 20.9 Å². The predicted molar refractivity (Wildman–Crippen MR) is 97.7 cm³/mol. The molecule has 0 spiro atoms. The largest absolute Gasteiger partial charge is 0.497 e. The number of carbonyl (C=O) groups excluding carboxylic acids is 2. The van der Waals surface area contributed by atoms with E-state index in [1.54, 1.807) is 24.1 Å². The summed E-state index contributed by atoms with van der Waals surface area (Å²) < 4.78 is 23.3. The van der Waals surface area contributed by atoms with Gasteiger partial charge in [0.25, 0.3) is 0 Å². The lowest BCUT2D eigenvalue weighted by Gasteiger charge is -2.37. The van der Waals surface area contributed by atoms with Crippen LogP contribution in [0.1, 0.15) is 23.5 Å². The highest BCUT2D eigenvalue weighted by Gasteiger charge is 2.39. The van der Waals surface area contributed by atoms with Crippen LogP contribution in [0, 0.1) is 11.7 Å². The molecule has 0 radical (unpaired) electrons. The summed E-state index contributed by atoms with van der Waals surface area (Å²) in [6.07, 6.45) is 0.182. The van der Waals surface area contributed by atoms with Crippen molar-refractivity contribution < 1.29 is 23.5 Å². The molecule has 1 saturated heterocycles. The zero-order chi connectivity index (χ0) is 19.4. The van der Waals surface area contributed by atoms with Crippen molar-refractivity contribution >= 4 is 11.9 Å². The summed E-state index contributed by atoms with van der Waals surface area (Å²) in [5.74, 6) is -0.824. The summed E-state index contributed by atoms with van der Waals surface area (Å²) in [6.45, 7) is 0.673. The minimum absolute atomic E-state index is 0.0414. The molecule has 142 valence electrons. The van der Waals surface area contributed by atoms with Crippen molar-refractivity contribution in [3.63, 3.8) is 0 Å². The van der Waals surface area contributed by atoms with Crippen LogP contribution in [0.15, 0.2) is 48.5 Å². The maximum Gasteiger partial charge on any atom is 0.311 e. The first-order valence-electron chi connectivity index (χ1n) is 8.76. The molecule has 2 aromatic rings. The molecule has 5 nitrogen and oxygen atoms in total. The van der Waals surface area contributed by atoms with Crippen molar-refractivity contribution in [2.75, 3.05) is 20.8 Å². The minimum Gasteiger partial charge on any atom is -0.497 e. The maximum atomic E-state index is 13.2. The first-order chi connectivity index (χ1) is 13.0. The molecule has 1 amide bonds. The third kappa shape index (κ3) is 4.27. The lowest BCUT2D eigenvalue weighted by Crippen LogP contribution is -2.46. The first-order valence-corrected chi connectivity index (χ1v) is 8.76. The molecule has 0 N–H and O–H groups in total. The molecule has 2 aromatic carbocycles. The number of amides is 1. The minimum atomic E-state index is -0.489. The summed E-state index contributed by atoms with van der Waals surface area (Å²) in [6, 6.07) is 13.4. The third-order valence-electron chi connectivity index (χ3n) is 4.98. The Hall–Kier alpha value is -2.89. The number of benzene rings is 2. The summed E-state index contributed by atoms with van der Waals surface area (Å²) in [5.41, 5.74) is 1.72. The Morgan fingerprint density at radius 3 is 2.37 bits per heavy atom. The van der Waals surface area contributed by atoms with E-state index in [4.69, 9.17) is 9.47 Å². The van der Waals surface area contributed by atoms with Gasteiger partial charge in [-0.2, -0.15) is 0 Å². The van der Waals surface area contributed by atoms with Crippen LogP contribution in [0.3, 0.4) is 0 Å². The highest BCUT2D eigenvalue weighted by Crippen LogP contribution is 2.35. The Kier molecular flexibility index (Phi) is 5.74. The van der Waals surface area contributed by atoms with Crippen molar-refractivity contribution in [1.29, 1.82) is 0 Å². The molecule has 0 aromatic heterocycles. The molecule has 0 saturated carbocycles. The van der Waals surface area contributed by atoms with E-state index in [1.165, 1.54) is 19.2 Å². The fourth-order valence-corrected chi connectivity index (χ4v) is 3.48. The van der Waals surface area contributed by atoms with Gasteiger partial charge in [-0.1, -0.05) is 24.3 Å². The maximum absolute atomic E-state index is 13.2. The average Bonchev–Trinajstić information content (AvgIpc) is 2.70. The van der Waals surface area contributed by atoms with Crippen molar-refractivity contribution in [1.82, 2.24) is 4.90 Å². The third-order valence-corrected chi connectivity index (χ3v) is 4.98. The number of halogens is 1. The van der Waals surface area contributed by atoms with Gasteiger partial charge < -0.3 is 14.4 Å². The van der Waals surface area contributed by atoms with Gasteiger partial charge >= 0.3 is 5.97 Å². The Morgan fingerprint density at radius 2 is 1.78 bits per heavy atom. The molecule has 3 rings (SSSR count). The van der Waals surface area contributed by atoms with Crippen molar-refractivity contribution in [2.45, 2.75) is 18.9 Å². The molecular formula is C21H22FNO4. The Balaban J connectivity index is 1.80. The van der Waals surface area contributed by atoms with Crippen LogP contribution in [0.2, 0.25) is 0 Å². The second kappa shape index (κ2) is 8.20. The Morgan fingerprint density at radius 1 is 1.11 bits per heavy atom. The van der Waals surface area contributed by atoms with E-state index in [1.807, 2.05) is 24.3 Å². The molecule has 1 fully saturated rings. The van der Waals surface area contributed by atoms with Crippen LogP contribution >= 0.6 is 0 Å². The molecule has 1 aliphatic heterocycles. The van der Waals surface area contributed by atoms with Crippen LogP contribution in [0.5, 0.6) is 5.75 Å². The van der Waals surface area contributed by atoms with Crippen LogP contribution in [0.25, 0.3) is 0 Å². The zero-order valence-electron chi connectivity index (χ0n) is 15.4. The van der Waals surface area contributed by atoms with Gasteiger partial charge in [0.2, 0.25) is 5.91 Å². The smallest absolute Gasteiger partial charge is 0.311 e. The predicted octanol–water partition coefficient (Wildman–Crippen LogP) is 3.14. The van der Waals surface area contributed by atoms with E-state index in [9.17, 15) is 14.0 Å². The second-order valence-electron chi connectivity index (χ2n) is 6.61. The second-order valence-corrected chi connectivity index (χ2v) is 6.61. The van der Waals surface area contributed by atoms with Gasteiger partial charge in [-0.15, -0.1) is 0 Å². The summed E-state index contributed by atoms with van der Waals surface area (Å²) in [7, 11) is 2.94. The highest BCUT2D eigenvalue weighted by atomic mass is 19.1. The fourth-order valence-electron chi connectivity index (χ4n) is 3.48. The standard InChI is InChI=1S/C21H22FNO4/c1-26-17-9-3-14(4-10-17)12-23-13-19(21(25)27-2)18(11-20(23)24)15-5-7-16(22)8-6-15/h3-10,18-19H,11-13H2,1-2H3/t18-,19+/m0/s1. The fraction of sp³-hybridized carbons (Fsp3) is 0.333. The van der Waals surface area contributed by atoms with E-state index < -0.39 is 5.92 Å². The first kappa shape index (κ1) is 18.9. The molecule has 0 unspecified atom stereocenters. The number of rotatable bonds is 5. The van der Waals surface area contributed by atoms with Gasteiger partial charge in [-0.25, -0.2) is 4.39 Å². The molecule has 2 atom stereocenters. The number of esters is 1. The highest BCUT2D eigenvalue weighted by molar-refractivity contribution is 5.83.